The number of carbonyl (C=O) groups is 1. The SMILES string of the molecule is Cc1ccc(Cl)cc1N(C)C(=O)c1nn(C)c2c1CSc1ccccc1-2. The zero-order valence-corrected chi connectivity index (χ0v) is 16.4. The first-order chi connectivity index (χ1) is 12.5. The highest BCUT2D eigenvalue weighted by Gasteiger charge is 2.29. The Bertz CT molecular complexity index is 1030. The first-order valence-corrected chi connectivity index (χ1v) is 9.66. The fraction of sp³-hybridized carbons (Fsp3) is 0.200. The quantitative estimate of drug-likeness (QED) is 0.629. The molecule has 4 rings (SSSR count). The van der Waals surface area contributed by atoms with Gasteiger partial charge in [-0.15, -0.1) is 11.8 Å². The number of rotatable bonds is 2. The van der Waals surface area contributed by atoms with Crippen LogP contribution in [0.3, 0.4) is 0 Å². The number of thioether (sulfide) groups is 1. The van der Waals surface area contributed by atoms with Gasteiger partial charge in [0, 0.05) is 46.6 Å². The number of aromatic nitrogens is 2. The van der Waals surface area contributed by atoms with Gasteiger partial charge in [0.15, 0.2) is 5.69 Å². The van der Waals surface area contributed by atoms with Gasteiger partial charge in [-0.3, -0.25) is 9.48 Å². The Labute approximate surface area is 161 Å². The van der Waals surface area contributed by atoms with E-state index in [2.05, 4.69) is 17.2 Å². The van der Waals surface area contributed by atoms with E-state index in [0.717, 1.165) is 33.8 Å². The van der Waals surface area contributed by atoms with Crippen LogP contribution in [0.15, 0.2) is 47.4 Å². The third-order valence-corrected chi connectivity index (χ3v) is 6.03. The maximum atomic E-state index is 13.2. The lowest BCUT2D eigenvalue weighted by atomic mass is 10.1. The Morgan fingerprint density at radius 3 is 2.85 bits per heavy atom. The number of carbonyl (C=O) groups excluding carboxylic acids is 1. The van der Waals surface area contributed by atoms with E-state index < -0.39 is 0 Å². The average molecular weight is 384 g/mol. The molecule has 0 atom stereocenters. The highest BCUT2D eigenvalue weighted by Crippen LogP contribution is 2.42. The summed E-state index contributed by atoms with van der Waals surface area (Å²) in [4.78, 5) is 16.1. The summed E-state index contributed by atoms with van der Waals surface area (Å²) in [7, 11) is 3.67. The van der Waals surface area contributed by atoms with Crippen LogP contribution < -0.4 is 4.90 Å². The molecule has 0 saturated carbocycles. The summed E-state index contributed by atoms with van der Waals surface area (Å²) in [5.74, 6) is 0.621. The van der Waals surface area contributed by atoms with Crippen LogP contribution in [0.5, 0.6) is 0 Å². The lowest BCUT2D eigenvalue weighted by molar-refractivity contribution is 0.0987. The van der Waals surface area contributed by atoms with Crippen molar-refractivity contribution in [3.05, 3.63) is 64.3 Å². The van der Waals surface area contributed by atoms with Crippen LogP contribution in [-0.2, 0) is 12.8 Å². The van der Waals surface area contributed by atoms with Crippen molar-refractivity contribution in [1.29, 1.82) is 0 Å². The molecule has 0 fully saturated rings. The van der Waals surface area contributed by atoms with Gasteiger partial charge in [-0.25, -0.2) is 0 Å². The molecule has 1 amide bonds. The number of benzene rings is 2. The van der Waals surface area contributed by atoms with Crippen LogP contribution in [0, 0.1) is 6.92 Å². The number of fused-ring (bicyclic) bond motifs is 3. The van der Waals surface area contributed by atoms with Gasteiger partial charge in [0.05, 0.1) is 5.69 Å². The van der Waals surface area contributed by atoms with E-state index in [4.69, 9.17) is 11.6 Å². The normalized spacial score (nSPS) is 12.5. The number of hydrogen-bond donors (Lipinski definition) is 0. The standard InChI is InChI=1S/C20H18ClN3OS/c1-12-8-9-13(21)10-16(12)23(2)20(25)18-15-11-26-17-7-5-4-6-14(17)19(15)24(3)22-18/h4-10H,11H2,1-3H3. The van der Waals surface area contributed by atoms with E-state index in [9.17, 15) is 4.79 Å². The minimum absolute atomic E-state index is 0.118. The summed E-state index contributed by atoms with van der Waals surface area (Å²) in [5, 5.41) is 5.18. The van der Waals surface area contributed by atoms with E-state index in [1.54, 1.807) is 23.7 Å². The molecule has 1 aromatic heterocycles. The van der Waals surface area contributed by atoms with Gasteiger partial charge >= 0.3 is 0 Å². The van der Waals surface area contributed by atoms with Gasteiger partial charge < -0.3 is 4.90 Å². The first kappa shape index (κ1) is 17.2. The zero-order chi connectivity index (χ0) is 18.4. The highest BCUT2D eigenvalue weighted by molar-refractivity contribution is 7.98. The number of anilines is 1. The Kier molecular flexibility index (Phi) is 4.29. The first-order valence-electron chi connectivity index (χ1n) is 8.29. The van der Waals surface area contributed by atoms with E-state index in [-0.39, 0.29) is 5.91 Å². The lowest BCUT2D eigenvalue weighted by Gasteiger charge is -2.20. The van der Waals surface area contributed by atoms with Crippen LogP contribution in [0.2, 0.25) is 5.02 Å². The molecular weight excluding hydrogens is 366 g/mol. The molecular formula is C20H18ClN3OS. The molecule has 26 heavy (non-hydrogen) atoms. The number of nitrogens with zero attached hydrogens (tertiary/aromatic N) is 3. The predicted molar refractivity (Wildman–Crippen MR) is 107 cm³/mol. The van der Waals surface area contributed by atoms with E-state index >= 15 is 0 Å². The number of halogens is 1. The predicted octanol–water partition coefficient (Wildman–Crippen LogP) is 4.93. The molecule has 1 aliphatic rings. The van der Waals surface area contributed by atoms with Crippen LogP contribution in [-0.4, -0.2) is 22.7 Å². The number of aryl methyl sites for hydroxylation is 2. The molecule has 2 aromatic carbocycles. The van der Waals surface area contributed by atoms with Crippen molar-refractivity contribution in [2.75, 3.05) is 11.9 Å². The Morgan fingerprint density at radius 1 is 1.27 bits per heavy atom. The molecule has 2 heterocycles. The molecule has 4 nitrogen and oxygen atoms in total. The smallest absolute Gasteiger partial charge is 0.278 e. The molecule has 0 unspecified atom stereocenters. The fourth-order valence-electron chi connectivity index (χ4n) is 3.36. The summed E-state index contributed by atoms with van der Waals surface area (Å²) in [6.45, 7) is 1.97. The van der Waals surface area contributed by atoms with Crippen molar-refractivity contribution in [1.82, 2.24) is 9.78 Å². The molecule has 3 aromatic rings. The third-order valence-electron chi connectivity index (χ3n) is 4.70. The number of hydrogen-bond acceptors (Lipinski definition) is 3. The fourth-order valence-corrected chi connectivity index (χ4v) is 4.60. The van der Waals surface area contributed by atoms with E-state index in [0.29, 0.717) is 10.7 Å². The van der Waals surface area contributed by atoms with E-state index in [1.165, 1.54) is 4.90 Å². The zero-order valence-electron chi connectivity index (χ0n) is 14.8. The summed E-state index contributed by atoms with van der Waals surface area (Å²) in [6, 6.07) is 13.8. The van der Waals surface area contributed by atoms with Gasteiger partial charge in [-0.1, -0.05) is 35.9 Å². The Morgan fingerprint density at radius 2 is 2.04 bits per heavy atom. The molecule has 0 bridgehead atoms. The van der Waals surface area contributed by atoms with Gasteiger partial charge in [-0.2, -0.15) is 5.10 Å². The van der Waals surface area contributed by atoms with Gasteiger partial charge in [0.25, 0.3) is 5.91 Å². The molecule has 0 spiro atoms. The summed E-state index contributed by atoms with van der Waals surface area (Å²) in [5.41, 5.74) is 5.45. The molecule has 6 heteroatoms. The molecule has 1 aliphatic heterocycles. The minimum atomic E-state index is -0.118. The molecule has 0 saturated heterocycles. The second kappa shape index (κ2) is 6.49. The second-order valence-electron chi connectivity index (χ2n) is 6.38. The Hall–Kier alpha value is -2.24. The average Bonchev–Trinajstić information content (AvgIpc) is 2.99. The van der Waals surface area contributed by atoms with Gasteiger partial charge in [0.2, 0.25) is 0 Å². The van der Waals surface area contributed by atoms with Crippen LogP contribution >= 0.6 is 23.4 Å². The third kappa shape index (κ3) is 2.72. The molecule has 132 valence electrons. The lowest BCUT2D eigenvalue weighted by Crippen LogP contribution is -2.28. The van der Waals surface area contributed by atoms with Gasteiger partial charge in [0.1, 0.15) is 0 Å². The van der Waals surface area contributed by atoms with Crippen LogP contribution in [0.25, 0.3) is 11.3 Å². The van der Waals surface area contributed by atoms with Crippen molar-refractivity contribution in [3.8, 4) is 11.3 Å². The van der Waals surface area contributed by atoms with Gasteiger partial charge in [-0.05, 0) is 30.7 Å². The summed E-state index contributed by atoms with van der Waals surface area (Å²) < 4.78 is 1.82. The minimum Gasteiger partial charge on any atom is -0.310 e. The molecule has 0 aliphatic carbocycles. The second-order valence-corrected chi connectivity index (χ2v) is 7.83. The van der Waals surface area contributed by atoms with Crippen LogP contribution in [0.4, 0.5) is 5.69 Å². The molecule has 0 radical (unpaired) electrons. The van der Waals surface area contributed by atoms with Crippen molar-refractivity contribution < 1.29 is 4.79 Å². The highest BCUT2D eigenvalue weighted by atomic mass is 35.5. The topological polar surface area (TPSA) is 38.1 Å². The largest absolute Gasteiger partial charge is 0.310 e. The van der Waals surface area contributed by atoms with E-state index in [1.807, 2.05) is 49.0 Å². The summed E-state index contributed by atoms with van der Waals surface area (Å²) >= 11 is 7.87. The maximum absolute atomic E-state index is 13.2. The monoisotopic (exact) mass is 383 g/mol. The van der Waals surface area contributed by atoms with Crippen molar-refractivity contribution in [3.63, 3.8) is 0 Å². The number of amides is 1. The maximum Gasteiger partial charge on any atom is 0.278 e. The van der Waals surface area contributed by atoms with Crippen molar-refractivity contribution in [2.45, 2.75) is 17.6 Å². The van der Waals surface area contributed by atoms with Crippen LogP contribution in [0.1, 0.15) is 21.6 Å². The summed E-state index contributed by atoms with van der Waals surface area (Å²) in [6.07, 6.45) is 0. The Balaban J connectivity index is 1.78. The molecule has 0 N–H and O–H groups in total. The van der Waals surface area contributed by atoms with Crippen molar-refractivity contribution >= 4 is 35.0 Å². The van der Waals surface area contributed by atoms with Crippen molar-refractivity contribution in [2.24, 2.45) is 7.05 Å².